The van der Waals surface area contributed by atoms with E-state index in [1.165, 1.54) is 18.2 Å². The zero-order chi connectivity index (χ0) is 21.5. The summed E-state index contributed by atoms with van der Waals surface area (Å²) < 4.78 is 24.6. The Labute approximate surface area is 177 Å². The highest BCUT2D eigenvalue weighted by Crippen LogP contribution is 2.24. The van der Waals surface area contributed by atoms with E-state index < -0.39 is 21.8 Å². The summed E-state index contributed by atoms with van der Waals surface area (Å²) in [5, 5.41) is 6.79. The molecule has 8 nitrogen and oxygen atoms in total. The first-order valence-electron chi connectivity index (χ1n) is 8.67. The van der Waals surface area contributed by atoms with Gasteiger partial charge in [0.05, 0.1) is 10.6 Å². The van der Waals surface area contributed by atoms with Crippen LogP contribution in [0.4, 0.5) is 5.69 Å². The van der Waals surface area contributed by atoms with Crippen LogP contribution in [0.15, 0.2) is 77.3 Å². The van der Waals surface area contributed by atoms with E-state index in [9.17, 15) is 18.0 Å². The number of primary sulfonamides is 1. The molecule has 2 amide bonds. The highest BCUT2D eigenvalue weighted by molar-refractivity contribution is 7.89. The van der Waals surface area contributed by atoms with Crippen LogP contribution in [0.5, 0.6) is 0 Å². The molecule has 0 atom stereocenters. The van der Waals surface area contributed by atoms with Crippen molar-refractivity contribution >= 4 is 45.2 Å². The lowest BCUT2D eigenvalue weighted by Gasteiger charge is -2.14. The fraction of sp³-hybridized carbons (Fsp3) is 0. The van der Waals surface area contributed by atoms with Gasteiger partial charge in [-0.05, 0) is 66.7 Å². The van der Waals surface area contributed by atoms with Crippen LogP contribution < -0.4 is 15.6 Å². The minimum Gasteiger partial charge on any atom is -0.317 e. The molecule has 3 aromatic rings. The predicted octanol–water partition coefficient (Wildman–Crippen LogP) is 2.24. The molecule has 0 spiro atoms. The van der Waals surface area contributed by atoms with Crippen molar-refractivity contribution in [3.63, 3.8) is 0 Å². The number of carbonyl (C=O) groups excluding carboxylic acids is 2. The highest BCUT2D eigenvalue weighted by Gasteiger charge is 2.34. The molecular formula is C20H15ClN4O4S. The number of halogens is 1. The summed E-state index contributed by atoms with van der Waals surface area (Å²) in [5.74, 6) is -1.04. The summed E-state index contributed by atoms with van der Waals surface area (Å²) in [6, 6.07) is 15.9. The minimum absolute atomic E-state index is 0.0118. The number of rotatable bonds is 4. The second-order valence-corrected chi connectivity index (χ2v) is 8.46. The maximum absolute atomic E-state index is 12.8. The zero-order valence-corrected chi connectivity index (χ0v) is 16.9. The van der Waals surface area contributed by atoms with Gasteiger partial charge in [-0.2, -0.15) is 0 Å². The van der Waals surface area contributed by atoms with Gasteiger partial charge in [0, 0.05) is 22.6 Å². The molecule has 0 bridgehead atoms. The molecule has 10 heteroatoms. The van der Waals surface area contributed by atoms with Crippen LogP contribution >= 0.6 is 11.6 Å². The van der Waals surface area contributed by atoms with Crippen molar-refractivity contribution < 1.29 is 18.0 Å². The normalized spacial score (nSPS) is 15.7. The molecule has 152 valence electrons. The standard InChI is InChI=1S/C20H15ClN4O4S/c21-13-3-5-15(6-4-13)25-20(27)18(19(26)23-25)12-16-2-1-11-24(16)14-7-9-17(10-8-14)30(22,28)29/h1-12H,(H,23,26)(H2,22,28,29)/b18-12+. The van der Waals surface area contributed by atoms with E-state index in [1.807, 2.05) is 0 Å². The van der Waals surface area contributed by atoms with Gasteiger partial charge in [-0.1, -0.05) is 11.6 Å². The van der Waals surface area contributed by atoms with E-state index in [-0.39, 0.29) is 10.5 Å². The Hall–Kier alpha value is -3.40. The molecule has 1 saturated heterocycles. The molecule has 1 aliphatic rings. The summed E-state index contributed by atoms with van der Waals surface area (Å²) in [5.41, 5.74) is 4.18. The highest BCUT2D eigenvalue weighted by atomic mass is 35.5. The van der Waals surface area contributed by atoms with E-state index in [2.05, 4.69) is 5.43 Å². The Morgan fingerprint density at radius 2 is 1.57 bits per heavy atom. The van der Waals surface area contributed by atoms with E-state index >= 15 is 0 Å². The topological polar surface area (TPSA) is 114 Å². The number of anilines is 1. The molecule has 1 aliphatic heterocycles. The van der Waals surface area contributed by atoms with Gasteiger partial charge >= 0.3 is 0 Å². The SMILES string of the molecule is NS(=O)(=O)c1ccc(-n2cccc2/C=C2\C(=O)NN(c3ccc(Cl)cc3)C2=O)cc1. The number of carbonyl (C=O) groups is 2. The van der Waals surface area contributed by atoms with Gasteiger partial charge in [0.1, 0.15) is 5.57 Å². The molecular weight excluding hydrogens is 428 g/mol. The number of nitrogens with one attached hydrogen (secondary N) is 1. The molecule has 2 aromatic carbocycles. The summed E-state index contributed by atoms with van der Waals surface area (Å²) >= 11 is 5.87. The third-order valence-electron chi connectivity index (χ3n) is 4.49. The predicted molar refractivity (Wildman–Crippen MR) is 112 cm³/mol. The Morgan fingerprint density at radius 1 is 0.933 bits per heavy atom. The lowest BCUT2D eigenvalue weighted by Crippen LogP contribution is -2.35. The van der Waals surface area contributed by atoms with Crippen molar-refractivity contribution in [3.8, 4) is 5.69 Å². The van der Waals surface area contributed by atoms with E-state index in [4.69, 9.17) is 16.7 Å². The van der Waals surface area contributed by atoms with Gasteiger partial charge in [0.2, 0.25) is 10.0 Å². The van der Waals surface area contributed by atoms with Crippen LogP contribution in [0.3, 0.4) is 0 Å². The third kappa shape index (κ3) is 3.73. The summed E-state index contributed by atoms with van der Waals surface area (Å²) in [6.07, 6.45) is 3.20. The van der Waals surface area contributed by atoms with E-state index in [1.54, 1.807) is 59.3 Å². The van der Waals surface area contributed by atoms with Crippen LogP contribution in [0.1, 0.15) is 5.69 Å². The smallest absolute Gasteiger partial charge is 0.282 e. The van der Waals surface area contributed by atoms with Gasteiger partial charge in [0.25, 0.3) is 11.8 Å². The molecule has 3 N–H and O–H groups in total. The first-order valence-corrected chi connectivity index (χ1v) is 10.6. The van der Waals surface area contributed by atoms with Crippen molar-refractivity contribution in [2.24, 2.45) is 5.14 Å². The van der Waals surface area contributed by atoms with Gasteiger partial charge in [-0.25, -0.2) is 18.6 Å². The molecule has 0 saturated carbocycles. The summed E-state index contributed by atoms with van der Waals surface area (Å²) in [4.78, 5) is 25.2. The molecule has 0 unspecified atom stereocenters. The van der Waals surface area contributed by atoms with Crippen LogP contribution in [-0.4, -0.2) is 24.8 Å². The largest absolute Gasteiger partial charge is 0.317 e. The number of nitrogens with zero attached hydrogens (tertiary/aromatic N) is 2. The van der Waals surface area contributed by atoms with Crippen LogP contribution in [0.2, 0.25) is 5.02 Å². The molecule has 1 fully saturated rings. The van der Waals surface area contributed by atoms with Crippen molar-refractivity contribution in [3.05, 3.63) is 83.2 Å². The Morgan fingerprint density at radius 3 is 2.20 bits per heavy atom. The molecule has 4 rings (SSSR count). The first-order chi connectivity index (χ1) is 14.2. The number of amides is 2. The van der Waals surface area contributed by atoms with Gasteiger partial charge in [-0.15, -0.1) is 0 Å². The Bertz CT molecular complexity index is 1280. The van der Waals surface area contributed by atoms with Crippen molar-refractivity contribution in [2.75, 3.05) is 5.01 Å². The first kappa shape index (κ1) is 19.9. The Kier molecular flexibility index (Phi) is 4.94. The maximum atomic E-state index is 12.8. The van der Waals surface area contributed by atoms with Crippen molar-refractivity contribution in [1.29, 1.82) is 0 Å². The fourth-order valence-electron chi connectivity index (χ4n) is 3.02. The number of hydrogen-bond donors (Lipinski definition) is 2. The van der Waals surface area contributed by atoms with E-state index in [0.29, 0.717) is 22.1 Å². The number of hydrazine groups is 1. The van der Waals surface area contributed by atoms with Crippen LogP contribution in [0, 0.1) is 0 Å². The lowest BCUT2D eigenvalue weighted by atomic mass is 10.2. The van der Waals surface area contributed by atoms with Gasteiger partial charge in [-0.3, -0.25) is 15.0 Å². The number of sulfonamides is 1. The Balaban J connectivity index is 1.66. The molecule has 1 aromatic heterocycles. The summed E-state index contributed by atoms with van der Waals surface area (Å²) in [7, 11) is -3.80. The number of nitrogens with two attached hydrogens (primary N) is 1. The minimum atomic E-state index is -3.80. The molecule has 0 aliphatic carbocycles. The lowest BCUT2D eigenvalue weighted by molar-refractivity contribution is -0.117. The number of aromatic nitrogens is 1. The molecule has 30 heavy (non-hydrogen) atoms. The average molecular weight is 443 g/mol. The number of hydrogen-bond acceptors (Lipinski definition) is 4. The van der Waals surface area contributed by atoms with Crippen molar-refractivity contribution in [1.82, 2.24) is 9.99 Å². The summed E-state index contributed by atoms with van der Waals surface area (Å²) in [6.45, 7) is 0. The zero-order valence-electron chi connectivity index (χ0n) is 15.3. The van der Waals surface area contributed by atoms with E-state index in [0.717, 1.165) is 5.01 Å². The maximum Gasteiger partial charge on any atom is 0.282 e. The molecule has 2 heterocycles. The quantitative estimate of drug-likeness (QED) is 0.476. The van der Waals surface area contributed by atoms with Crippen molar-refractivity contribution in [2.45, 2.75) is 4.90 Å². The molecule has 0 radical (unpaired) electrons. The fourth-order valence-corrected chi connectivity index (χ4v) is 3.66. The number of benzene rings is 2. The van der Waals surface area contributed by atoms with Gasteiger partial charge in [0.15, 0.2) is 0 Å². The third-order valence-corrected chi connectivity index (χ3v) is 5.67. The van der Waals surface area contributed by atoms with Crippen LogP contribution in [0.25, 0.3) is 11.8 Å². The van der Waals surface area contributed by atoms with Crippen LogP contribution in [-0.2, 0) is 19.6 Å². The second-order valence-electron chi connectivity index (χ2n) is 6.46. The second kappa shape index (κ2) is 7.45. The van der Waals surface area contributed by atoms with Gasteiger partial charge < -0.3 is 4.57 Å². The monoisotopic (exact) mass is 442 g/mol. The average Bonchev–Trinajstić information content (AvgIpc) is 3.28.